The maximum absolute atomic E-state index is 14.5. The van der Waals surface area contributed by atoms with Gasteiger partial charge in [-0.15, -0.1) is 0 Å². The number of esters is 2. The van der Waals surface area contributed by atoms with E-state index in [2.05, 4.69) is 0 Å². The number of rotatable bonds is 10. The van der Waals surface area contributed by atoms with Crippen LogP contribution in [0.3, 0.4) is 0 Å². The molecule has 16 nitrogen and oxygen atoms in total. The first-order valence-electron chi connectivity index (χ1n) is 25.6. The molecule has 2 saturated heterocycles. The number of ether oxygens (including phenoxy) is 6. The summed E-state index contributed by atoms with van der Waals surface area (Å²) in [6.45, 7) is 12.0. The van der Waals surface area contributed by atoms with Crippen LogP contribution in [-0.4, -0.2) is 144 Å². The third-order valence-electron chi connectivity index (χ3n) is 14.8. The summed E-state index contributed by atoms with van der Waals surface area (Å²) in [5, 5.41) is 32.5. The van der Waals surface area contributed by atoms with E-state index in [1.165, 1.54) is 12.0 Å². The van der Waals surface area contributed by atoms with E-state index >= 15 is 0 Å². The van der Waals surface area contributed by atoms with E-state index in [9.17, 15) is 39.0 Å². The molecule has 16 heteroatoms. The van der Waals surface area contributed by atoms with Crippen molar-refractivity contribution in [2.45, 2.75) is 180 Å². The zero-order valence-corrected chi connectivity index (χ0v) is 43.2. The van der Waals surface area contributed by atoms with Crippen LogP contribution < -0.4 is 0 Å². The lowest BCUT2D eigenvalue weighted by molar-refractivity contribution is -0.265. The number of cyclic esters (lactones) is 1. The lowest BCUT2D eigenvalue weighted by Crippen LogP contribution is -2.61. The maximum Gasteiger partial charge on any atom is 0.332 e. The Morgan fingerprint density at radius 1 is 0.900 bits per heavy atom. The number of ketones is 3. The van der Waals surface area contributed by atoms with Gasteiger partial charge in [-0.05, 0) is 101 Å². The Morgan fingerprint density at radius 2 is 1.64 bits per heavy atom. The highest BCUT2D eigenvalue weighted by Gasteiger charge is 2.53. The number of carbonyl (C=O) groups excluding carboxylic acids is 6. The summed E-state index contributed by atoms with van der Waals surface area (Å²) in [5.74, 6) is -8.77. The SMILES string of the molecule is CO[C@H]1C[C@@H]2CC[C@@H](C)[C@@](O)(O2)C(=O)C(=O)N2CCCC[C@H]2C(=O)O[C@H]([C@H](C)CC2CCC[C@H](OCC(=O)OCCO)C2)CC(=O)[C@H](C)/C=C(\C)[C@@H](O)[C@@H](OC)C(=O)[C@H](C)C[C@H](C)/C=C/C=C/C=C/1C. The van der Waals surface area contributed by atoms with Gasteiger partial charge in [-0.25, -0.2) is 9.59 Å². The van der Waals surface area contributed by atoms with Gasteiger partial charge >= 0.3 is 11.9 Å². The molecule has 2 bridgehead atoms. The molecule has 4 aliphatic rings. The van der Waals surface area contributed by atoms with Crippen molar-refractivity contribution in [2.75, 3.05) is 40.6 Å². The van der Waals surface area contributed by atoms with Crippen molar-refractivity contribution in [3.05, 3.63) is 47.6 Å². The van der Waals surface area contributed by atoms with Gasteiger partial charge in [0.25, 0.3) is 11.7 Å². The van der Waals surface area contributed by atoms with Gasteiger partial charge in [-0.2, -0.15) is 0 Å². The minimum atomic E-state index is -2.45. The van der Waals surface area contributed by atoms with Crippen LogP contribution in [0.15, 0.2) is 47.6 Å². The molecule has 70 heavy (non-hydrogen) atoms. The minimum absolute atomic E-state index is 0.00575. The highest BCUT2D eigenvalue weighted by atomic mass is 16.6. The first-order chi connectivity index (χ1) is 33.2. The van der Waals surface area contributed by atoms with Crippen LogP contribution in [-0.2, 0) is 57.2 Å². The Kier molecular flexibility index (Phi) is 23.8. The lowest BCUT2D eigenvalue weighted by Gasteiger charge is -2.42. The van der Waals surface area contributed by atoms with Crippen molar-refractivity contribution < 1.29 is 72.5 Å². The normalized spacial score (nSPS) is 37.2. The van der Waals surface area contributed by atoms with Gasteiger partial charge in [-0.1, -0.05) is 83.9 Å². The largest absolute Gasteiger partial charge is 0.462 e. The van der Waals surface area contributed by atoms with Crippen LogP contribution in [0.4, 0.5) is 0 Å². The molecular weight excluding hydrogens is 903 g/mol. The summed E-state index contributed by atoms with van der Waals surface area (Å²) in [5.41, 5.74) is 1.24. The van der Waals surface area contributed by atoms with Crippen LogP contribution in [0.5, 0.6) is 0 Å². The Balaban J connectivity index is 1.68. The zero-order chi connectivity index (χ0) is 51.7. The summed E-state index contributed by atoms with van der Waals surface area (Å²) >= 11 is 0. The number of piperidine rings is 1. The van der Waals surface area contributed by atoms with E-state index in [0.29, 0.717) is 56.9 Å². The molecule has 394 valence electrons. The molecule has 1 amide bonds. The second-order valence-corrected chi connectivity index (χ2v) is 20.5. The number of methoxy groups -OCH3 is 2. The van der Waals surface area contributed by atoms with Crippen molar-refractivity contribution in [2.24, 2.45) is 35.5 Å². The molecule has 1 unspecified atom stereocenters. The van der Waals surface area contributed by atoms with E-state index < -0.39 is 83.7 Å². The minimum Gasteiger partial charge on any atom is -0.462 e. The van der Waals surface area contributed by atoms with E-state index in [-0.39, 0.29) is 74.6 Å². The number of hydrogen-bond donors (Lipinski definition) is 3. The maximum atomic E-state index is 14.5. The van der Waals surface area contributed by atoms with Crippen molar-refractivity contribution >= 4 is 35.2 Å². The van der Waals surface area contributed by atoms with Gasteiger partial charge in [0.1, 0.15) is 43.4 Å². The smallest absolute Gasteiger partial charge is 0.332 e. The summed E-state index contributed by atoms with van der Waals surface area (Å²) < 4.78 is 34.7. The first-order valence-corrected chi connectivity index (χ1v) is 25.6. The number of carbonyl (C=O) groups is 6. The number of aliphatic hydroxyl groups excluding tert-OH is 2. The van der Waals surface area contributed by atoms with E-state index in [1.807, 2.05) is 51.2 Å². The molecule has 0 radical (unpaired) electrons. The number of nitrogens with zero attached hydrogens (tertiary/aromatic N) is 1. The molecular formula is C54H83NO15. The van der Waals surface area contributed by atoms with Crippen molar-refractivity contribution in [3.8, 4) is 0 Å². The zero-order valence-electron chi connectivity index (χ0n) is 43.2. The number of Topliss-reactive ketones (excluding diaryl/α,β-unsaturated/α-hetero) is 3. The molecule has 0 spiro atoms. The monoisotopic (exact) mass is 986 g/mol. The van der Waals surface area contributed by atoms with Crippen molar-refractivity contribution in [1.29, 1.82) is 0 Å². The van der Waals surface area contributed by atoms with Gasteiger partial charge in [0, 0.05) is 51.4 Å². The Bertz CT molecular complexity index is 1890. The summed E-state index contributed by atoms with van der Waals surface area (Å²) in [6, 6.07) is -1.17. The summed E-state index contributed by atoms with van der Waals surface area (Å²) in [7, 11) is 2.94. The molecule has 14 atom stereocenters. The van der Waals surface area contributed by atoms with E-state index in [1.54, 1.807) is 40.9 Å². The fourth-order valence-corrected chi connectivity index (χ4v) is 10.4. The highest BCUT2D eigenvalue weighted by Crippen LogP contribution is 2.38. The average Bonchev–Trinajstić information content (AvgIpc) is 3.34. The first kappa shape index (κ1) is 58.7. The summed E-state index contributed by atoms with van der Waals surface area (Å²) in [6.07, 6.45) is 12.7. The number of amides is 1. The number of aliphatic hydroxyl groups is 3. The lowest BCUT2D eigenvalue weighted by atomic mass is 9.79. The topological polar surface area (TPSA) is 222 Å². The number of hydrogen-bond acceptors (Lipinski definition) is 15. The Morgan fingerprint density at radius 3 is 2.34 bits per heavy atom. The Hall–Kier alpha value is -3.90. The molecule has 0 aromatic carbocycles. The van der Waals surface area contributed by atoms with Gasteiger partial charge < -0.3 is 48.6 Å². The molecule has 3 aliphatic heterocycles. The second kappa shape index (κ2) is 28.4. The predicted molar refractivity (Wildman–Crippen MR) is 261 cm³/mol. The molecule has 4 rings (SSSR count). The molecule has 3 N–H and O–H groups in total. The number of allylic oxidation sites excluding steroid dienone is 6. The van der Waals surface area contributed by atoms with Crippen LogP contribution in [0.25, 0.3) is 0 Å². The molecule has 0 aromatic heterocycles. The molecule has 0 aromatic rings. The van der Waals surface area contributed by atoms with Crippen LogP contribution in [0, 0.1) is 35.5 Å². The second-order valence-electron chi connectivity index (χ2n) is 20.5. The van der Waals surface area contributed by atoms with E-state index in [0.717, 1.165) is 24.8 Å². The molecule has 1 saturated carbocycles. The van der Waals surface area contributed by atoms with Gasteiger partial charge in [0.2, 0.25) is 5.79 Å². The van der Waals surface area contributed by atoms with Gasteiger partial charge in [-0.3, -0.25) is 19.2 Å². The molecule has 3 heterocycles. The highest BCUT2D eigenvalue weighted by molar-refractivity contribution is 6.39. The van der Waals surface area contributed by atoms with Gasteiger partial charge in [0.15, 0.2) is 5.78 Å². The van der Waals surface area contributed by atoms with Crippen LogP contribution in [0.2, 0.25) is 0 Å². The van der Waals surface area contributed by atoms with Crippen molar-refractivity contribution in [1.82, 2.24) is 4.90 Å². The average molecular weight is 986 g/mol. The van der Waals surface area contributed by atoms with Crippen LogP contribution >= 0.6 is 0 Å². The quantitative estimate of drug-likeness (QED) is 0.128. The number of fused-ring (bicyclic) bond motifs is 3. The standard InChI is InChI=1S/C54H83NO15/c1-33-16-11-10-12-17-34(2)45(65-8)30-42-22-21-39(7)54(64,70-42)51(61)52(62)55-23-14-13-20-43(55)53(63)69-46(36(4)28-40-18-15-19-41(29-40)68-32-47(58)67-25-24-56)31-44(57)35(3)27-38(6)49(60)50(66-9)48(59)37(5)26-33/h10-12,16-17,27,33,35-37,39-43,45-46,49-50,56,60,64H,13-15,18-26,28-32H2,1-9H3/b12-10+,16-11+,34-17+,38-27+/t33-,35-,36-,37-,39-,40?,41+,42+,43+,45+,46+,49-,50+,54-/m1/s1. The van der Waals surface area contributed by atoms with Gasteiger partial charge in [0.05, 0.1) is 24.9 Å². The third kappa shape index (κ3) is 16.6. The molecule has 1 aliphatic carbocycles. The fourth-order valence-electron chi connectivity index (χ4n) is 10.4. The van der Waals surface area contributed by atoms with E-state index in [4.69, 9.17) is 33.5 Å². The fraction of sp³-hybridized carbons (Fsp3) is 0.741. The summed E-state index contributed by atoms with van der Waals surface area (Å²) in [4.78, 5) is 84.3. The Labute approximate surface area is 415 Å². The van der Waals surface area contributed by atoms with Crippen LogP contribution in [0.1, 0.15) is 132 Å². The van der Waals surface area contributed by atoms with Crippen molar-refractivity contribution in [3.63, 3.8) is 0 Å². The molecule has 3 fully saturated rings. The third-order valence-corrected chi connectivity index (χ3v) is 14.8. The predicted octanol–water partition coefficient (Wildman–Crippen LogP) is 6.12.